The van der Waals surface area contributed by atoms with Crippen molar-refractivity contribution in [2.24, 2.45) is 0 Å². The van der Waals surface area contributed by atoms with Crippen LogP contribution in [-0.2, 0) is 11.0 Å². The molecule has 5 nitrogen and oxygen atoms in total. The molecule has 7 heteroatoms. The summed E-state index contributed by atoms with van der Waals surface area (Å²) in [6.07, 6.45) is 1.72. The predicted molar refractivity (Wildman–Crippen MR) is 106 cm³/mol. The van der Waals surface area contributed by atoms with Crippen LogP contribution in [0.4, 0.5) is 5.69 Å². The van der Waals surface area contributed by atoms with E-state index in [4.69, 9.17) is 11.6 Å². The third kappa shape index (κ3) is 3.09. The van der Waals surface area contributed by atoms with Gasteiger partial charge < -0.3 is 4.98 Å². The van der Waals surface area contributed by atoms with E-state index in [1.165, 1.54) is 0 Å². The third-order valence-electron chi connectivity index (χ3n) is 4.00. The van der Waals surface area contributed by atoms with E-state index in [0.717, 1.165) is 16.7 Å². The van der Waals surface area contributed by atoms with Crippen LogP contribution in [0.3, 0.4) is 0 Å². The van der Waals surface area contributed by atoms with Gasteiger partial charge in [-0.1, -0.05) is 29.8 Å². The molecule has 0 radical (unpaired) electrons. The van der Waals surface area contributed by atoms with Gasteiger partial charge in [-0.25, -0.2) is 9.19 Å². The summed E-state index contributed by atoms with van der Waals surface area (Å²) in [5.41, 5.74) is 3.09. The number of para-hydroxylation sites is 1. The summed E-state index contributed by atoms with van der Waals surface area (Å²) in [7, 11) is 0.363. The lowest BCUT2D eigenvalue weighted by molar-refractivity contribution is 0.682. The van der Waals surface area contributed by atoms with Gasteiger partial charge in [-0.2, -0.15) is 0 Å². The summed E-state index contributed by atoms with van der Waals surface area (Å²) in [5.74, 6) is 0.683. The monoisotopic (exact) mass is 382 g/mol. The van der Waals surface area contributed by atoms with Gasteiger partial charge in [0.25, 0.3) is 0 Å². The molecule has 0 aliphatic carbocycles. The number of H-pyrrole nitrogens is 1. The molecule has 1 unspecified atom stereocenters. The first-order chi connectivity index (χ1) is 12.6. The van der Waals surface area contributed by atoms with Crippen molar-refractivity contribution in [2.45, 2.75) is 4.90 Å². The normalized spacial score (nSPS) is 12.2. The molecule has 26 heavy (non-hydrogen) atoms. The molecule has 1 N–H and O–H groups in total. The van der Waals surface area contributed by atoms with Crippen molar-refractivity contribution in [3.63, 3.8) is 0 Å². The smallest absolute Gasteiger partial charge is 0.157 e. The second-order valence-corrected chi connectivity index (χ2v) is 7.60. The number of nitrogens with zero attached hydrogens (tertiary/aromatic N) is 3. The van der Waals surface area contributed by atoms with E-state index in [9.17, 15) is 4.21 Å². The number of nitrogens with one attached hydrogen (secondary N) is 1. The average molecular weight is 383 g/mol. The maximum atomic E-state index is 12.9. The fourth-order valence-electron chi connectivity index (χ4n) is 2.68. The van der Waals surface area contributed by atoms with Crippen LogP contribution in [0.5, 0.6) is 0 Å². The maximum Gasteiger partial charge on any atom is 0.157 e. The molecular weight excluding hydrogens is 368 g/mol. The number of anilines is 1. The summed E-state index contributed by atoms with van der Waals surface area (Å²) >= 11 is 6.22. The highest BCUT2D eigenvalue weighted by molar-refractivity contribution is 7.86. The minimum atomic E-state index is -1.40. The Morgan fingerprint density at radius 2 is 1.88 bits per heavy atom. The van der Waals surface area contributed by atoms with Crippen molar-refractivity contribution in [1.29, 1.82) is 0 Å². The molecule has 4 rings (SSSR count). The zero-order valence-corrected chi connectivity index (χ0v) is 15.5. The van der Waals surface area contributed by atoms with E-state index >= 15 is 0 Å². The Morgan fingerprint density at radius 3 is 2.65 bits per heavy atom. The van der Waals surface area contributed by atoms with E-state index in [2.05, 4.69) is 15.0 Å². The van der Waals surface area contributed by atoms with Crippen LogP contribution in [0.2, 0.25) is 5.02 Å². The number of fused-ring (bicyclic) bond motifs is 1. The highest BCUT2D eigenvalue weighted by Gasteiger charge is 2.16. The van der Waals surface area contributed by atoms with E-state index in [0.29, 0.717) is 21.4 Å². The van der Waals surface area contributed by atoms with Gasteiger partial charge >= 0.3 is 0 Å². The highest BCUT2D eigenvalue weighted by atomic mass is 35.5. The average Bonchev–Trinajstić information content (AvgIpc) is 3.11. The fourth-order valence-corrected chi connectivity index (χ4v) is 4.05. The van der Waals surface area contributed by atoms with Crippen LogP contribution in [0, 0.1) is 0 Å². The van der Waals surface area contributed by atoms with Crippen LogP contribution >= 0.6 is 11.6 Å². The number of benzene rings is 2. The maximum absolute atomic E-state index is 12.9. The van der Waals surface area contributed by atoms with Crippen LogP contribution in [-0.4, -0.2) is 26.2 Å². The molecule has 0 saturated heterocycles. The SMILES string of the molecule is CN(c1ccccc1Cl)S(=O)c1ccc2nc(-c3ccccn3)[nH]c2c1. The lowest BCUT2D eigenvalue weighted by Gasteiger charge is -2.19. The molecule has 2 heterocycles. The van der Waals surface area contributed by atoms with Crippen LogP contribution in [0.1, 0.15) is 0 Å². The molecule has 0 aliphatic heterocycles. The Balaban J connectivity index is 1.69. The Hall–Kier alpha value is -2.70. The zero-order valence-electron chi connectivity index (χ0n) is 13.9. The van der Waals surface area contributed by atoms with Crippen LogP contribution in [0.25, 0.3) is 22.6 Å². The van der Waals surface area contributed by atoms with Crippen LogP contribution < -0.4 is 4.31 Å². The fraction of sp³-hybridized carbons (Fsp3) is 0.0526. The quantitative estimate of drug-likeness (QED) is 0.567. The Labute approximate surface area is 158 Å². The first-order valence-electron chi connectivity index (χ1n) is 7.95. The van der Waals surface area contributed by atoms with Gasteiger partial charge in [0.05, 0.1) is 26.6 Å². The van der Waals surface area contributed by atoms with Gasteiger partial charge in [-0.05, 0) is 42.5 Å². The van der Waals surface area contributed by atoms with Crippen molar-refractivity contribution in [1.82, 2.24) is 15.0 Å². The number of hydrogen-bond acceptors (Lipinski definition) is 3. The van der Waals surface area contributed by atoms with Crippen molar-refractivity contribution in [3.8, 4) is 11.5 Å². The first kappa shape index (κ1) is 16.8. The molecule has 0 saturated carbocycles. The molecule has 0 amide bonds. The molecular formula is C19H15ClN4OS. The minimum absolute atomic E-state index is 0.559. The number of hydrogen-bond donors (Lipinski definition) is 1. The lowest BCUT2D eigenvalue weighted by Crippen LogP contribution is -2.20. The van der Waals surface area contributed by atoms with Crippen molar-refractivity contribution in [3.05, 3.63) is 71.9 Å². The largest absolute Gasteiger partial charge is 0.337 e. The molecule has 2 aromatic carbocycles. The molecule has 0 aliphatic rings. The molecule has 4 aromatic rings. The summed E-state index contributed by atoms with van der Waals surface area (Å²) < 4.78 is 14.6. The molecule has 0 fully saturated rings. The van der Waals surface area contributed by atoms with Gasteiger partial charge in [0.15, 0.2) is 16.8 Å². The van der Waals surface area contributed by atoms with Gasteiger partial charge in [-0.3, -0.25) is 9.29 Å². The molecule has 2 aromatic heterocycles. The lowest BCUT2D eigenvalue weighted by atomic mass is 10.3. The second kappa shape index (κ2) is 6.90. The number of rotatable bonds is 4. The standard InChI is InChI=1S/C19H15ClN4OS/c1-24(18-8-3-2-6-14(18)20)26(25)13-9-10-15-17(12-13)23-19(22-15)16-7-4-5-11-21-16/h2-12H,1H3,(H,22,23). The number of aromatic amines is 1. The number of imidazole rings is 1. The second-order valence-electron chi connectivity index (χ2n) is 5.68. The summed E-state index contributed by atoms with van der Waals surface area (Å²) in [4.78, 5) is 12.8. The molecule has 130 valence electrons. The number of aromatic nitrogens is 3. The minimum Gasteiger partial charge on any atom is -0.337 e. The number of pyridine rings is 1. The third-order valence-corrected chi connectivity index (χ3v) is 5.67. The topological polar surface area (TPSA) is 61.9 Å². The Morgan fingerprint density at radius 1 is 1.08 bits per heavy atom. The van der Waals surface area contributed by atoms with E-state index < -0.39 is 11.0 Å². The number of halogens is 1. The van der Waals surface area contributed by atoms with Crippen molar-refractivity contribution in [2.75, 3.05) is 11.4 Å². The Kier molecular flexibility index (Phi) is 4.44. The zero-order chi connectivity index (χ0) is 18.1. The summed E-state index contributed by atoms with van der Waals surface area (Å²) in [6.45, 7) is 0. The predicted octanol–water partition coefficient (Wildman–Crippen LogP) is 4.44. The van der Waals surface area contributed by atoms with Gasteiger partial charge in [0.1, 0.15) is 5.69 Å². The Bertz CT molecular complexity index is 1100. The van der Waals surface area contributed by atoms with Gasteiger partial charge in [0.2, 0.25) is 0 Å². The first-order valence-corrected chi connectivity index (χ1v) is 9.43. The summed E-state index contributed by atoms with van der Waals surface area (Å²) in [6, 6.07) is 18.5. The van der Waals surface area contributed by atoms with Crippen molar-refractivity contribution >= 4 is 39.3 Å². The van der Waals surface area contributed by atoms with Gasteiger partial charge in [-0.15, -0.1) is 0 Å². The van der Waals surface area contributed by atoms with E-state index in [-0.39, 0.29) is 0 Å². The summed E-state index contributed by atoms with van der Waals surface area (Å²) in [5, 5.41) is 0.559. The van der Waals surface area contributed by atoms with E-state index in [1.807, 2.05) is 54.6 Å². The van der Waals surface area contributed by atoms with Gasteiger partial charge in [0, 0.05) is 13.2 Å². The highest BCUT2D eigenvalue weighted by Crippen LogP contribution is 2.28. The molecule has 1 atom stereocenters. The van der Waals surface area contributed by atoms with E-state index in [1.54, 1.807) is 23.6 Å². The molecule has 0 bridgehead atoms. The van der Waals surface area contributed by atoms with Crippen LogP contribution in [0.15, 0.2) is 71.8 Å². The molecule has 0 spiro atoms. The van der Waals surface area contributed by atoms with Crippen molar-refractivity contribution < 1.29 is 4.21 Å².